The summed E-state index contributed by atoms with van der Waals surface area (Å²) in [6.45, 7) is 6.45. The lowest BCUT2D eigenvalue weighted by atomic mass is 9.96. The van der Waals surface area contributed by atoms with E-state index < -0.39 is 12.0 Å². The Morgan fingerprint density at radius 1 is 1.02 bits per heavy atom. The van der Waals surface area contributed by atoms with Crippen molar-refractivity contribution in [2.75, 3.05) is 18.1 Å². The van der Waals surface area contributed by atoms with E-state index >= 15 is 0 Å². The summed E-state index contributed by atoms with van der Waals surface area (Å²) in [6.07, 6.45) is 5.42. The Labute approximate surface area is 242 Å². The van der Waals surface area contributed by atoms with Crippen molar-refractivity contribution in [1.29, 1.82) is 0 Å². The van der Waals surface area contributed by atoms with Gasteiger partial charge in [-0.1, -0.05) is 85.9 Å². The molecule has 2 aliphatic rings. The molecule has 7 nitrogen and oxygen atoms in total. The predicted octanol–water partition coefficient (Wildman–Crippen LogP) is 5.14. The fraction of sp³-hybridized carbons (Fsp3) is 0.355. The first kappa shape index (κ1) is 28.1. The molecule has 0 fully saturated rings. The Kier molecular flexibility index (Phi) is 8.38. The van der Waals surface area contributed by atoms with Gasteiger partial charge in [0.1, 0.15) is 4.53 Å². The van der Waals surface area contributed by atoms with Gasteiger partial charge in [0, 0.05) is 17.1 Å². The van der Waals surface area contributed by atoms with Crippen molar-refractivity contribution in [3.63, 3.8) is 0 Å². The van der Waals surface area contributed by atoms with Gasteiger partial charge in [-0.15, -0.1) is 0 Å². The largest absolute Gasteiger partial charge is 0.463 e. The van der Waals surface area contributed by atoms with Gasteiger partial charge in [0.2, 0.25) is 0 Å². The van der Waals surface area contributed by atoms with Crippen LogP contribution in [0.15, 0.2) is 69.6 Å². The molecular formula is C31H32ClN3O4S. The van der Waals surface area contributed by atoms with E-state index in [1.807, 2.05) is 24.3 Å². The van der Waals surface area contributed by atoms with Crippen molar-refractivity contribution in [3.05, 3.63) is 95.6 Å². The summed E-state index contributed by atoms with van der Waals surface area (Å²) in [4.78, 5) is 48.1. The summed E-state index contributed by atoms with van der Waals surface area (Å²) >= 11 is 7.34. The van der Waals surface area contributed by atoms with Gasteiger partial charge in [0.25, 0.3) is 11.5 Å². The van der Waals surface area contributed by atoms with Gasteiger partial charge in [0.15, 0.2) is 4.80 Å². The Morgan fingerprint density at radius 2 is 1.75 bits per heavy atom. The number of hydrogen-bond acceptors (Lipinski definition) is 6. The molecule has 208 valence electrons. The number of nitrogens with zero attached hydrogens (tertiary/aromatic N) is 3. The van der Waals surface area contributed by atoms with E-state index in [0.29, 0.717) is 43.3 Å². The second kappa shape index (κ2) is 11.9. The number of benzene rings is 2. The third-order valence-electron chi connectivity index (χ3n) is 7.31. The highest BCUT2D eigenvalue weighted by molar-refractivity contribution is 7.07. The van der Waals surface area contributed by atoms with Crippen LogP contribution in [0.1, 0.15) is 70.0 Å². The van der Waals surface area contributed by atoms with Crippen molar-refractivity contribution in [1.82, 2.24) is 4.57 Å². The van der Waals surface area contributed by atoms with Crippen LogP contribution in [0.3, 0.4) is 0 Å². The van der Waals surface area contributed by atoms with Crippen molar-refractivity contribution in [2.24, 2.45) is 4.99 Å². The summed E-state index contributed by atoms with van der Waals surface area (Å²) in [6, 6.07) is 13.9. The molecule has 0 saturated heterocycles. The van der Waals surface area contributed by atoms with E-state index in [1.54, 1.807) is 43.0 Å². The summed E-state index contributed by atoms with van der Waals surface area (Å²) in [5.41, 5.74) is 3.06. The minimum absolute atomic E-state index is 0.175. The number of aromatic nitrogens is 1. The van der Waals surface area contributed by atoms with Crippen LogP contribution in [0.25, 0.3) is 5.57 Å². The Morgan fingerprint density at radius 3 is 2.48 bits per heavy atom. The molecule has 2 aromatic carbocycles. The van der Waals surface area contributed by atoms with Crippen LogP contribution < -0.4 is 19.8 Å². The van der Waals surface area contributed by atoms with E-state index in [4.69, 9.17) is 16.3 Å². The number of halogens is 1. The fourth-order valence-electron chi connectivity index (χ4n) is 5.40. The lowest BCUT2D eigenvalue weighted by molar-refractivity contribution is -0.139. The molecule has 1 atom stereocenters. The maximum absolute atomic E-state index is 14.2. The number of unbranched alkanes of at least 4 members (excludes halogenated alkanes) is 4. The summed E-state index contributed by atoms with van der Waals surface area (Å²) in [5.74, 6) is -0.704. The van der Waals surface area contributed by atoms with Crippen LogP contribution >= 0.6 is 22.9 Å². The number of ether oxygens (including phenoxy) is 1. The molecule has 9 heteroatoms. The number of carbonyl (C=O) groups is 2. The first-order chi connectivity index (χ1) is 19.4. The van der Waals surface area contributed by atoms with Crippen molar-refractivity contribution < 1.29 is 14.3 Å². The molecule has 0 unspecified atom stereocenters. The first-order valence-corrected chi connectivity index (χ1v) is 15.0. The summed E-state index contributed by atoms with van der Waals surface area (Å²) < 4.78 is 7.20. The number of esters is 1. The minimum atomic E-state index is -0.761. The van der Waals surface area contributed by atoms with Crippen molar-refractivity contribution in [3.8, 4) is 0 Å². The highest BCUT2D eigenvalue weighted by atomic mass is 35.5. The monoisotopic (exact) mass is 577 g/mol. The average Bonchev–Trinajstić information content (AvgIpc) is 3.40. The van der Waals surface area contributed by atoms with E-state index in [2.05, 4.69) is 11.9 Å². The standard InChI is InChI=1S/C31H32ClN3O4S/c1-4-6-7-8-11-18-34-23-13-10-9-12-22(23)25(28(34)36)27-29(37)35-26(20-14-16-21(32)17-15-20)24(30(38)39-5-2)19(3)33-31(35)40-27/h9-10,12-17,26H,4-8,11,18H2,1-3H3/b27-25-/t26-/m0/s1. The van der Waals surface area contributed by atoms with E-state index in [0.717, 1.165) is 36.9 Å². The van der Waals surface area contributed by atoms with Gasteiger partial charge in [0.05, 0.1) is 35.2 Å². The van der Waals surface area contributed by atoms with Gasteiger partial charge in [-0.25, -0.2) is 9.79 Å². The van der Waals surface area contributed by atoms with Crippen LogP contribution in [0.5, 0.6) is 0 Å². The molecule has 1 aromatic heterocycles. The molecule has 2 aliphatic heterocycles. The maximum atomic E-state index is 14.2. The third-order valence-corrected chi connectivity index (χ3v) is 8.62. The molecule has 3 heterocycles. The molecule has 0 bridgehead atoms. The highest BCUT2D eigenvalue weighted by Gasteiger charge is 2.37. The van der Waals surface area contributed by atoms with Gasteiger partial charge in [-0.3, -0.25) is 14.2 Å². The number of fused-ring (bicyclic) bond motifs is 2. The first-order valence-electron chi connectivity index (χ1n) is 13.8. The number of thiazole rings is 1. The second-order valence-corrected chi connectivity index (χ2v) is 11.4. The number of amides is 1. The smallest absolute Gasteiger partial charge is 0.338 e. The molecule has 0 N–H and O–H groups in total. The molecule has 5 rings (SSSR count). The Balaban J connectivity index is 1.67. The zero-order chi connectivity index (χ0) is 28.4. The van der Waals surface area contributed by atoms with Gasteiger partial charge in [-0.05, 0) is 44.0 Å². The van der Waals surface area contributed by atoms with Gasteiger partial charge < -0.3 is 9.64 Å². The summed E-state index contributed by atoms with van der Waals surface area (Å²) in [7, 11) is 0. The van der Waals surface area contributed by atoms with Crippen LogP contribution in [0.2, 0.25) is 5.02 Å². The number of allylic oxidation sites excluding steroid dienone is 1. The number of hydrogen-bond donors (Lipinski definition) is 0. The Hall–Kier alpha value is -3.49. The minimum Gasteiger partial charge on any atom is -0.463 e. The maximum Gasteiger partial charge on any atom is 0.338 e. The normalized spacial score (nSPS) is 17.6. The Bertz CT molecular complexity index is 1670. The second-order valence-electron chi connectivity index (χ2n) is 9.94. The van der Waals surface area contributed by atoms with Crippen LogP contribution in [-0.2, 0) is 14.3 Å². The quantitative estimate of drug-likeness (QED) is 0.260. The van der Waals surface area contributed by atoms with E-state index in [-0.39, 0.29) is 18.1 Å². The predicted molar refractivity (Wildman–Crippen MR) is 158 cm³/mol. The van der Waals surface area contributed by atoms with E-state index in [1.165, 1.54) is 22.3 Å². The van der Waals surface area contributed by atoms with Gasteiger partial charge >= 0.3 is 5.97 Å². The van der Waals surface area contributed by atoms with Crippen LogP contribution in [-0.4, -0.2) is 29.6 Å². The highest BCUT2D eigenvalue weighted by Crippen LogP contribution is 2.36. The zero-order valence-electron chi connectivity index (χ0n) is 22.9. The molecule has 1 amide bonds. The number of rotatable bonds is 9. The molecule has 0 saturated carbocycles. The van der Waals surface area contributed by atoms with Crippen LogP contribution in [0, 0.1) is 0 Å². The van der Waals surface area contributed by atoms with E-state index in [9.17, 15) is 14.4 Å². The van der Waals surface area contributed by atoms with Crippen molar-refractivity contribution in [2.45, 2.75) is 58.9 Å². The van der Waals surface area contributed by atoms with Crippen molar-refractivity contribution >= 4 is 46.1 Å². The molecule has 3 aromatic rings. The zero-order valence-corrected chi connectivity index (χ0v) is 24.5. The SMILES string of the molecule is CCCCCCCN1C(=O)/C(=c2\sc3n(c2=O)[C@@H](c2ccc(Cl)cc2)C(C(=O)OCC)=C(C)N=3)c2ccccc21. The third kappa shape index (κ3) is 5.06. The average molecular weight is 578 g/mol. The lowest BCUT2D eigenvalue weighted by Gasteiger charge is -2.24. The number of carbonyl (C=O) groups excluding carboxylic acids is 2. The molecule has 0 aliphatic carbocycles. The molecule has 40 heavy (non-hydrogen) atoms. The lowest BCUT2D eigenvalue weighted by Crippen LogP contribution is -2.41. The fourth-order valence-corrected chi connectivity index (χ4v) is 6.66. The number of anilines is 1. The van der Waals surface area contributed by atoms with Crippen LogP contribution in [0.4, 0.5) is 5.69 Å². The summed E-state index contributed by atoms with van der Waals surface area (Å²) in [5, 5.41) is 0.541. The number of para-hydroxylation sites is 1. The topological polar surface area (TPSA) is 81.0 Å². The molecule has 0 spiro atoms. The molecular weight excluding hydrogens is 546 g/mol. The molecule has 0 radical (unpaired) electrons. The van der Waals surface area contributed by atoms with Gasteiger partial charge in [-0.2, -0.15) is 0 Å².